The number of ether oxygens (including phenoxy) is 1. The number of nitrogens with one attached hydrogen (secondary N) is 1. The standard InChI is InChI=1S/C20H18ClN3O2S/c1-12(26-17-8-7-13(10-22)9-16(17)21)19(25)24-20-15(11-23)14-5-3-2-4-6-18(14)27-20/h7-9,12H,2-6H2,1H3,(H,24,25)/t12-/m0/s1. The molecule has 5 nitrogen and oxygen atoms in total. The third kappa shape index (κ3) is 4.24. The van der Waals surface area contributed by atoms with E-state index in [0.717, 1.165) is 31.2 Å². The molecule has 1 atom stereocenters. The summed E-state index contributed by atoms with van der Waals surface area (Å²) >= 11 is 7.59. The Morgan fingerprint density at radius 2 is 2.04 bits per heavy atom. The van der Waals surface area contributed by atoms with Crippen molar-refractivity contribution in [2.75, 3.05) is 5.32 Å². The van der Waals surface area contributed by atoms with Gasteiger partial charge in [-0.3, -0.25) is 4.79 Å². The van der Waals surface area contributed by atoms with Crippen molar-refractivity contribution in [2.24, 2.45) is 0 Å². The molecule has 1 N–H and O–H groups in total. The summed E-state index contributed by atoms with van der Waals surface area (Å²) in [7, 11) is 0. The van der Waals surface area contributed by atoms with Crippen LogP contribution in [0.5, 0.6) is 5.75 Å². The van der Waals surface area contributed by atoms with Crippen molar-refractivity contribution in [2.45, 2.75) is 45.1 Å². The zero-order valence-corrected chi connectivity index (χ0v) is 16.4. The zero-order chi connectivity index (χ0) is 19.4. The number of anilines is 1. The van der Waals surface area contributed by atoms with Gasteiger partial charge < -0.3 is 10.1 Å². The van der Waals surface area contributed by atoms with Gasteiger partial charge in [-0.2, -0.15) is 10.5 Å². The van der Waals surface area contributed by atoms with E-state index in [2.05, 4.69) is 11.4 Å². The van der Waals surface area contributed by atoms with Gasteiger partial charge in [-0.15, -0.1) is 11.3 Å². The molecule has 3 rings (SSSR count). The number of rotatable bonds is 4. The topological polar surface area (TPSA) is 85.9 Å². The smallest absolute Gasteiger partial charge is 0.265 e. The fraction of sp³-hybridized carbons (Fsp3) is 0.350. The molecule has 1 aliphatic rings. The highest BCUT2D eigenvalue weighted by molar-refractivity contribution is 7.16. The van der Waals surface area contributed by atoms with E-state index in [9.17, 15) is 10.1 Å². The number of carbonyl (C=O) groups is 1. The van der Waals surface area contributed by atoms with Crippen LogP contribution in [0.25, 0.3) is 0 Å². The van der Waals surface area contributed by atoms with Crippen LogP contribution in [0.1, 0.15) is 47.8 Å². The molecule has 138 valence electrons. The van der Waals surface area contributed by atoms with Gasteiger partial charge in [-0.1, -0.05) is 18.0 Å². The lowest BCUT2D eigenvalue weighted by Crippen LogP contribution is -2.30. The van der Waals surface area contributed by atoms with E-state index in [1.54, 1.807) is 19.1 Å². The highest BCUT2D eigenvalue weighted by atomic mass is 35.5. The van der Waals surface area contributed by atoms with Crippen LogP contribution in [0, 0.1) is 22.7 Å². The number of benzene rings is 1. The van der Waals surface area contributed by atoms with E-state index in [4.69, 9.17) is 21.6 Å². The number of hydrogen-bond donors (Lipinski definition) is 1. The van der Waals surface area contributed by atoms with Gasteiger partial charge in [0.05, 0.1) is 22.2 Å². The Bertz CT molecular complexity index is 955. The van der Waals surface area contributed by atoms with Gasteiger partial charge in [0.1, 0.15) is 16.8 Å². The summed E-state index contributed by atoms with van der Waals surface area (Å²) < 4.78 is 5.64. The molecule has 0 saturated carbocycles. The number of fused-ring (bicyclic) bond motifs is 1. The molecule has 0 aliphatic heterocycles. The summed E-state index contributed by atoms with van der Waals surface area (Å²) in [6, 6.07) is 8.89. The van der Waals surface area contributed by atoms with Crippen LogP contribution in [-0.4, -0.2) is 12.0 Å². The lowest BCUT2D eigenvalue weighted by Gasteiger charge is -2.15. The largest absolute Gasteiger partial charge is 0.479 e. The molecule has 27 heavy (non-hydrogen) atoms. The number of nitrogens with zero attached hydrogens (tertiary/aromatic N) is 2. The van der Waals surface area contributed by atoms with Gasteiger partial charge in [-0.25, -0.2) is 0 Å². The highest BCUT2D eigenvalue weighted by Gasteiger charge is 2.23. The molecule has 0 fully saturated rings. The molecule has 0 unspecified atom stereocenters. The van der Waals surface area contributed by atoms with Crippen molar-refractivity contribution in [1.29, 1.82) is 10.5 Å². The Labute approximate surface area is 167 Å². The first kappa shape index (κ1) is 19.2. The number of amides is 1. The first-order valence-electron chi connectivity index (χ1n) is 8.75. The Kier molecular flexibility index (Phi) is 6.01. The molecule has 0 saturated heterocycles. The molecule has 1 amide bonds. The average molecular weight is 400 g/mol. The minimum Gasteiger partial charge on any atom is -0.479 e. The number of carbonyl (C=O) groups excluding carboxylic acids is 1. The number of halogens is 1. The van der Waals surface area contributed by atoms with Gasteiger partial charge in [-0.05, 0) is 56.4 Å². The van der Waals surface area contributed by atoms with Crippen LogP contribution in [0.3, 0.4) is 0 Å². The first-order chi connectivity index (χ1) is 13.0. The van der Waals surface area contributed by atoms with E-state index in [0.29, 0.717) is 21.9 Å². The summed E-state index contributed by atoms with van der Waals surface area (Å²) in [5, 5.41) is 22.1. The summed E-state index contributed by atoms with van der Waals surface area (Å²) in [6.07, 6.45) is 4.40. The third-order valence-electron chi connectivity index (χ3n) is 4.50. The predicted molar refractivity (Wildman–Crippen MR) is 105 cm³/mol. The Morgan fingerprint density at radius 1 is 1.26 bits per heavy atom. The Morgan fingerprint density at radius 3 is 2.74 bits per heavy atom. The SMILES string of the molecule is C[C@H](Oc1ccc(C#N)cc1Cl)C(=O)Nc1sc2c(c1C#N)CCCCC2. The van der Waals surface area contributed by atoms with Crippen LogP contribution >= 0.6 is 22.9 Å². The van der Waals surface area contributed by atoms with Gasteiger partial charge in [0.25, 0.3) is 5.91 Å². The molecule has 7 heteroatoms. The number of thiophene rings is 1. The maximum absolute atomic E-state index is 12.6. The first-order valence-corrected chi connectivity index (χ1v) is 9.94. The molecule has 0 spiro atoms. The maximum atomic E-state index is 12.6. The monoisotopic (exact) mass is 399 g/mol. The van der Waals surface area contributed by atoms with E-state index >= 15 is 0 Å². The Balaban J connectivity index is 1.74. The second-order valence-corrected chi connectivity index (χ2v) is 7.90. The van der Waals surface area contributed by atoms with Crippen molar-refractivity contribution in [1.82, 2.24) is 0 Å². The summed E-state index contributed by atoms with van der Waals surface area (Å²) in [5.74, 6) is -0.0101. The third-order valence-corrected chi connectivity index (χ3v) is 6.01. The lowest BCUT2D eigenvalue weighted by molar-refractivity contribution is -0.122. The Hall–Kier alpha value is -2.54. The van der Waals surface area contributed by atoms with Crippen LogP contribution in [0.4, 0.5) is 5.00 Å². The van der Waals surface area contributed by atoms with Crippen molar-refractivity contribution in [3.8, 4) is 17.9 Å². The summed E-state index contributed by atoms with van der Waals surface area (Å²) in [4.78, 5) is 13.8. The summed E-state index contributed by atoms with van der Waals surface area (Å²) in [6.45, 7) is 1.62. The number of nitriles is 2. The van der Waals surface area contributed by atoms with Crippen LogP contribution in [0.2, 0.25) is 5.02 Å². The van der Waals surface area contributed by atoms with Crippen molar-refractivity contribution < 1.29 is 9.53 Å². The average Bonchev–Trinajstić information content (AvgIpc) is 2.82. The highest BCUT2D eigenvalue weighted by Crippen LogP contribution is 2.37. The quantitative estimate of drug-likeness (QED) is 0.746. The van der Waals surface area contributed by atoms with Gasteiger partial charge in [0.2, 0.25) is 0 Å². The fourth-order valence-electron chi connectivity index (χ4n) is 3.07. The lowest BCUT2D eigenvalue weighted by atomic mass is 10.1. The van der Waals surface area contributed by atoms with Gasteiger partial charge in [0, 0.05) is 4.88 Å². The van der Waals surface area contributed by atoms with Crippen LogP contribution in [0.15, 0.2) is 18.2 Å². The van der Waals surface area contributed by atoms with E-state index in [1.807, 2.05) is 6.07 Å². The van der Waals surface area contributed by atoms with Crippen molar-refractivity contribution in [3.05, 3.63) is 44.8 Å². The molecule has 1 heterocycles. The van der Waals surface area contributed by atoms with Crippen LogP contribution in [-0.2, 0) is 17.6 Å². The maximum Gasteiger partial charge on any atom is 0.265 e. The van der Waals surface area contributed by atoms with E-state index in [-0.39, 0.29) is 10.9 Å². The molecule has 1 aromatic carbocycles. The number of hydrogen-bond acceptors (Lipinski definition) is 5. The van der Waals surface area contributed by atoms with Gasteiger partial charge >= 0.3 is 0 Å². The molecular weight excluding hydrogens is 382 g/mol. The molecule has 2 aromatic rings. The second-order valence-electron chi connectivity index (χ2n) is 6.39. The molecule has 0 bridgehead atoms. The molecule has 0 radical (unpaired) electrons. The molecule has 1 aliphatic carbocycles. The number of aryl methyl sites for hydroxylation is 1. The second kappa shape index (κ2) is 8.43. The normalized spacial score (nSPS) is 14.2. The van der Waals surface area contributed by atoms with Crippen molar-refractivity contribution >= 4 is 33.8 Å². The minimum atomic E-state index is -0.802. The van der Waals surface area contributed by atoms with Crippen LogP contribution < -0.4 is 10.1 Å². The van der Waals surface area contributed by atoms with Crippen molar-refractivity contribution in [3.63, 3.8) is 0 Å². The van der Waals surface area contributed by atoms with E-state index in [1.165, 1.54) is 28.7 Å². The molecular formula is C20H18ClN3O2S. The molecule has 1 aromatic heterocycles. The summed E-state index contributed by atoms with van der Waals surface area (Å²) in [5.41, 5.74) is 2.08. The van der Waals surface area contributed by atoms with Gasteiger partial charge in [0.15, 0.2) is 6.10 Å². The zero-order valence-electron chi connectivity index (χ0n) is 14.8. The predicted octanol–water partition coefficient (Wildman–Crippen LogP) is 4.82. The minimum absolute atomic E-state index is 0.272. The van der Waals surface area contributed by atoms with E-state index < -0.39 is 6.10 Å². The fourth-order valence-corrected chi connectivity index (χ4v) is 4.54.